The van der Waals surface area contributed by atoms with Gasteiger partial charge in [-0.25, -0.2) is 4.90 Å². The fourth-order valence-corrected chi connectivity index (χ4v) is 3.00. The summed E-state index contributed by atoms with van der Waals surface area (Å²) in [4.78, 5) is 26.3. The van der Waals surface area contributed by atoms with Crippen molar-refractivity contribution in [1.29, 1.82) is 0 Å². The SMILES string of the molecule is Cc1cccc(N2C(=O)C[C@H](Nc3c(C)cccc3C)C2=O)c1. The molecule has 4 heteroatoms. The minimum Gasteiger partial charge on any atom is -0.373 e. The molecule has 1 aliphatic heterocycles. The lowest BCUT2D eigenvalue weighted by atomic mass is 10.1. The van der Waals surface area contributed by atoms with Crippen LogP contribution < -0.4 is 10.2 Å². The number of nitrogens with one attached hydrogen (secondary N) is 1. The number of imide groups is 1. The largest absolute Gasteiger partial charge is 0.373 e. The molecule has 1 fully saturated rings. The average molecular weight is 308 g/mol. The molecule has 0 bridgehead atoms. The molecule has 1 N–H and O–H groups in total. The Morgan fingerprint density at radius 3 is 2.30 bits per heavy atom. The Kier molecular flexibility index (Phi) is 3.90. The van der Waals surface area contributed by atoms with Crippen LogP contribution in [0.2, 0.25) is 0 Å². The van der Waals surface area contributed by atoms with Gasteiger partial charge in [0.1, 0.15) is 6.04 Å². The number of rotatable bonds is 3. The number of para-hydroxylation sites is 1. The summed E-state index contributed by atoms with van der Waals surface area (Å²) in [6.45, 7) is 5.94. The topological polar surface area (TPSA) is 49.4 Å². The highest BCUT2D eigenvalue weighted by atomic mass is 16.2. The minimum absolute atomic E-state index is 0.163. The zero-order valence-electron chi connectivity index (χ0n) is 13.6. The van der Waals surface area contributed by atoms with Gasteiger partial charge in [0.2, 0.25) is 5.91 Å². The predicted octanol–water partition coefficient (Wildman–Crippen LogP) is 3.36. The van der Waals surface area contributed by atoms with E-state index in [1.54, 1.807) is 6.07 Å². The summed E-state index contributed by atoms with van der Waals surface area (Å²) in [5.41, 5.74) is 4.74. The highest BCUT2D eigenvalue weighted by Crippen LogP contribution is 2.27. The Balaban J connectivity index is 1.87. The van der Waals surface area contributed by atoms with Crippen molar-refractivity contribution in [2.45, 2.75) is 33.2 Å². The zero-order valence-corrected chi connectivity index (χ0v) is 13.6. The van der Waals surface area contributed by atoms with Crippen LogP contribution in [0.25, 0.3) is 0 Å². The number of hydrogen-bond acceptors (Lipinski definition) is 3. The van der Waals surface area contributed by atoms with Crippen LogP contribution in [0.5, 0.6) is 0 Å². The van der Waals surface area contributed by atoms with Crippen molar-refractivity contribution in [1.82, 2.24) is 0 Å². The maximum atomic E-state index is 12.7. The molecule has 1 saturated heterocycles. The quantitative estimate of drug-likeness (QED) is 0.885. The van der Waals surface area contributed by atoms with Crippen LogP contribution in [0.4, 0.5) is 11.4 Å². The number of carbonyl (C=O) groups is 2. The molecule has 2 aromatic rings. The lowest BCUT2D eigenvalue weighted by molar-refractivity contribution is -0.121. The number of nitrogens with zero attached hydrogens (tertiary/aromatic N) is 1. The van der Waals surface area contributed by atoms with E-state index in [4.69, 9.17) is 0 Å². The Bertz CT molecular complexity index is 762. The van der Waals surface area contributed by atoms with E-state index in [0.29, 0.717) is 5.69 Å². The summed E-state index contributed by atoms with van der Waals surface area (Å²) in [7, 11) is 0. The number of anilines is 2. The maximum absolute atomic E-state index is 12.7. The van der Waals surface area contributed by atoms with Gasteiger partial charge in [-0.1, -0.05) is 30.3 Å². The lowest BCUT2D eigenvalue weighted by Crippen LogP contribution is -2.35. The van der Waals surface area contributed by atoms with Crippen LogP contribution in [-0.2, 0) is 9.59 Å². The number of amides is 2. The van der Waals surface area contributed by atoms with Gasteiger partial charge in [-0.15, -0.1) is 0 Å². The van der Waals surface area contributed by atoms with E-state index in [1.165, 1.54) is 4.90 Å². The Labute approximate surface area is 136 Å². The van der Waals surface area contributed by atoms with Gasteiger partial charge in [-0.3, -0.25) is 9.59 Å². The molecule has 0 aromatic heterocycles. The molecule has 2 aromatic carbocycles. The van der Waals surface area contributed by atoms with E-state index in [1.807, 2.05) is 57.2 Å². The normalized spacial score (nSPS) is 17.7. The first-order valence-corrected chi connectivity index (χ1v) is 7.73. The summed E-state index contributed by atoms with van der Waals surface area (Å²) in [5.74, 6) is -0.354. The molecule has 0 saturated carbocycles. The van der Waals surface area contributed by atoms with E-state index < -0.39 is 6.04 Å². The predicted molar refractivity (Wildman–Crippen MR) is 91.6 cm³/mol. The highest BCUT2D eigenvalue weighted by molar-refractivity contribution is 6.23. The lowest BCUT2D eigenvalue weighted by Gasteiger charge is -2.18. The van der Waals surface area contributed by atoms with E-state index in [-0.39, 0.29) is 18.2 Å². The Hall–Kier alpha value is -2.62. The minimum atomic E-state index is -0.511. The molecule has 0 aliphatic carbocycles. The first-order valence-electron chi connectivity index (χ1n) is 7.73. The first kappa shape index (κ1) is 15.3. The van der Waals surface area contributed by atoms with Gasteiger partial charge in [0.05, 0.1) is 12.1 Å². The van der Waals surface area contributed by atoms with Crippen LogP contribution in [-0.4, -0.2) is 17.9 Å². The summed E-state index contributed by atoms with van der Waals surface area (Å²) < 4.78 is 0. The molecule has 1 atom stereocenters. The van der Waals surface area contributed by atoms with E-state index in [0.717, 1.165) is 22.4 Å². The summed E-state index contributed by atoms with van der Waals surface area (Å²) in [6.07, 6.45) is 0.181. The van der Waals surface area contributed by atoms with Crippen molar-refractivity contribution in [3.8, 4) is 0 Å². The van der Waals surface area contributed by atoms with Crippen molar-refractivity contribution in [3.63, 3.8) is 0 Å². The highest BCUT2D eigenvalue weighted by Gasteiger charge is 2.39. The Morgan fingerprint density at radius 2 is 1.65 bits per heavy atom. The molecule has 0 spiro atoms. The summed E-state index contributed by atoms with van der Waals surface area (Å²) >= 11 is 0. The zero-order chi connectivity index (χ0) is 16.6. The standard InChI is InChI=1S/C19H20N2O2/c1-12-6-4-9-15(10-12)21-17(22)11-16(19(21)23)20-18-13(2)7-5-8-14(18)3/h4-10,16,20H,11H2,1-3H3/t16-/m0/s1. The molecule has 0 radical (unpaired) electrons. The van der Waals surface area contributed by atoms with Crippen molar-refractivity contribution in [2.24, 2.45) is 0 Å². The summed E-state index contributed by atoms with van der Waals surface area (Å²) in [6, 6.07) is 12.9. The molecule has 3 rings (SSSR count). The maximum Gasteiger partial charge on any atom is 0.256 e. The first-order chi connectivity index (χ1) is 11.0. The van der Waals surface area contributed by atoms with Gasteiger partial charge >= 0.3 is 0 Å². The van der Waals surface area contributed by atoms with Gasteiger partial charge < -0.3 is 5.32 Å². The van der Waals surface area contributed by atoms with Gasteiger partial charge in [0.25, 0.3) is 5.91 Å². The molecule has 118 valence electrons. The van der Waals surface area contributed by atoms with Crippen molar-refractivity contribution in [3.05, 3.63) is 59.2 Å². The van der Waals surface area contributed by atoms with E-state index in [9.17, 15) is 9.59 Å². The molecule has 23 heavy (non-hydrogen) atoms. The number of aryl methyl sites for hydroxylation is 3. The van der Waals surface area contributed by atoms with E-state index >= 15 is 0 Å². The second-order valence-corrected chi connectivity index (χ2v) is 6.07. The van der Waals surface area contributed by atoms with Gasteiger partial charge in [0.15, 0.2) is 0 Å². The van der Waals surface area contributed by atoms with Crippen molar-refractivity contribution in [2.75, 3.05) is 10.2 Å². The molecular formula is C19H20N2O2. The van der Waals surface area contributed by atoms with Crippen LogP contribution in [0.15, 0.2) is 42.5 Å². The van der Waals surface area contributed by atoms with Gasteiger partial charge in [-0.05, 0) is 49.6 Å². The van der Waals surface area contributed by atoms with Crippen molar-refractivity contribution >= 4 is 23.2 Å². The van der Waals surface area contributed by atoms with Crippen molar-refractivity contribution < 1.29 is 9.59 Å². The summed E-state index contributed by atoms with van der Waals surface area (Å²) in [5, 5.41) is 3.26. The number of hydrogen-bond donors (Lipinski definition) is 1. The second kappa shape index (κ2) is 5.88. The smallest absolute Gasteiger partial charge is 0.256 e. The van der Waals surface area contributed by atoms with Crippen LogP contribution in [0.3, 0.4) is 0 Å². The molecular weight excluding hydrogens is 288 g/mol. The molecule has 0 unspecified atom stereocenters. The van der Waals surface area contributed by atoms with Crippen LogP contribution in [0, 0.1) is 20.8 Å². The number of benzene rings is 2. The molecule has 4 nitrogen and oxygen atoms in total. The Morgan fingerprint density at radius 1 is 1.00 bits per heavy atom. The van der Waals surface area contributed by atoms with E-state index in [2.05, 4.69) is 5.32 Å². The molecule has 2 amide bonds. The second-order valence-electron chi connectivity index (χ2n) is 6.07. The third-order valence-corrected chi connectivity index (χ3v) is 4.21. The fourth-order valence-electron chi connectivity index (χ4n) is 3.00. The third kappa shape index (κ3) is 2.84. The van der Waals surface area contributed by atoms with Gasteiger partial charge in [-0.2, -0.15) is 0 Å². The monoisotopic (exact) mass is 308 g/mol. The molecule has 1 aliphatic rings. The molecule has 1 heterocycles. The number of carbonyl (C=O) groups excluding carboxylic acids is 2. The third-order valence-electron chi connectivity index (χ3n) is 4.21. The average Bonchev–Trinajstić information content (AvgIpc) is 2.77. The van der Waals surface area contributed by atoms with Gasteiger partial charge in [0, 0.05) is 5.69 Å². The van der Waals surface area contributed by atoms with Crippen LogP contribution >= 0.6 is 0 Å². The van der Waals surface area contributed by atoms with Crippen LogP contribution in [0.1, 0.15) is 23.1 Å². The fraction of sp³-hybridized carbons (Fsp3) is 0.263.